The molecule has 0 radical (unpaired) electrons. The average Bonchev–Trinajstić information content (AvgIpc) is 2.68. The van der Waals surface area contributed by atoms with Crippen molar-refractivity contribution < 1.29 is 23.7 Å². The predicted octanol–water partition coefficient (Wildman–Crippen LogP) is 3.87. The van der Waals surface area contributed by atoms with E-state index in [2.05, 4.69) is 5.32 Å². The maximum Gasteiger partial charge on any atom is 0.325 e. The van der Waals surface area contributed by atoms with Crippen molar-refractivity contribution in [3.63, 3.8) is 0 Å². The van der Waals surface area contributed by atoms with Gasteiger partial charge in [-0.05, 0) is 32.0 Å². The SMILES string of the molecule is CCOc1cccc2c1OC1(C)CC2NC(=O)N1c1ccc(OC)c(OC)c1. The van der Waals surface area contributed by atoms with Crippen LogP contribution in [0, 0.1) is 0 Å². The first-order valence-corrected chi connectivity index (χ1v) is 9.28. The number of methoxy groups -OCH3 is 2. The summed E-state index contributed by atoms with van der Waals surface area (Å²) in [5.74, 6) is 2.50. The van der Waals surface area contributed by atoms with E-state index < -0.39 is 5.72 Å². The van der Waals surface area contributed by atoms with Gasteiger partial charge in [-0.1, -0.05) is 12.1 Å². The molecular weight excluding hydrogens is 360 g/mol. The predicted molar refractivity (Wildman–Crippen MR) is 105 cm³/mol. The Morgan fingerprint density at radius 3 is 2.68 bits per heavy atom. The molecule has 0 saturated carbocycles. The van der Waals surface area contributed by atoms with Crippen LogP contribution in [0.4, 0.5) is 10.5 Å². The second-order valence-electron chi connectivity index (χ2n) is 6.97. The summed E-state index contributed by atoms with van der Waals surface area (Å²) in [5.41, 5.74) is 0.726. The van der Waals surface area contributed by atoms with Crippen LogP contribution in [0.2, 0.25) is 0 Å². The first-order valence-electron chi connectivity index (χ1n) is 9.28. The summed E-state index contributed by atoms with van der Waals surface area (Å²) in [5, 5.41) is 3.09. The van der Waals surface area contributed by atoms with E-state index in [0.29, 0.717) is 41.7 Å². The van der Waals surface area contributed by atoms with Crippen LogP contribution < -0.4 is 29.2 Å². The normalized spacial score (nSPS) is 22.6. The lowest BCUT2D eigenvalue weighted by Gasteiger charge is -2.50. The highest BCUT2D eigenvalue weighted by molar-refractivity contribution is 5.95. The third-order valence-electron chi connectivity index (χ3n) is 5.19. The molecule has 28 heavy (non-hydrogen) atoms. The smallest absolute Gasteiger partial charge is 0.325 e. The van der Waals surface area contributed by atoms with Crippen molar-refractivity contribution >= 4 is 11.7 Å². The molecule has 148 valence electrons. The molecule has 7 nitrogen and oxygen atoms in total. The molecule has 1 fully saturated rings. The number of nitrogens with one attached hydrogen (secondary N) is 1. The lowest BCUT2D eigenvalue weighted by Crippen LogP contribution is -2.65. The highest BCUT2D eigenvalue weighted by Gasteiger charge is 2.50. The van der Waals surface area contributed by atoms with Crippen LogP contribution in [-0.2, 0) is 0 Å². The van der Waals surface area contributed by atoms with Gasteiger partial charge in [0.2, 0.25) is 0 Å². The number of hydrogen-bond acceptors (Lipinski definition) is 5. The Morgan fingerprint density at radius 2 is 1.96 bits per heavy atom. The van der Waals surface area contributed by atoms with Gasteiger partial charge in [0.25, 0.3) is 0 Å². The third kappa shape index (κ3) is 2.78. The molecule has 0 spiro atoms. The van der Waals surface area contributed by atoms with Gasteiger partial charge in [0, 0.05) is 18.1 Å². The molecule has 0 aliphatic carbocycles. The fourth-order valence-corrected chi connectivity index (χ4v) is 3.98. The van der Waals surface area contributed by atoms with E-state index in [-0.39, 0.29) is 12.1 Å². The Morgan fingerprint density at radius 1 is 1.18 bits per heavy atom. The number of anilines is 1. The number of hydrogen-bond donors (Lipinski definition) is 1. The molecule has 2 heterocycles. The molecular formula is C21H24N2O5. The Labute approximate surface area is 164 Å². The number of amides is 2. The van der Waals surface area contributed by atoms with Crippen LogP contribution >= 0.6 is 0 Å². The number of fused-ring (bicyclic) bond motifs is 4. The number of urea groups is 1. The van der Waals surface area contributed by atoms with Crippen molar-refractivity contribution in [2.24, 2.45) is 0 Å². The highest BCUT2D eigenvalue weighted by atomic mass is 16.5. The molecule has 2 aliphatic heterocycles. The van der Waals surface area contributed by atoms with E-state index in [1.54, 1.807) is 31.3 Å². The second-order valence-corrected chi connectivity index (χ2v) is 6.97. The monoisotopic (exact) mass is 384 g/mol. The molecule has 2 aliphatic rings. The molecule has 2 aromatic carbocycles. The Kier molecular flexibility index (Phi) is 4.45. The van der Waals surface area contributed by atoms with Gasteiger partial charge in [-0.2, -0.15) is 0 Å². The standard InChI is InChI=1S/C21H24N2O5/c1-5-27-17-8-6-7-14-15-12-21(2,28-19(14)17)23(20(24)22-15)13-9-10-16(25-3)18(11-13)26-4/h6-11,15H,5,12H2,1-4H3,(H,22,24). The van der Waals surface area contributed by atoms with E-state index in [4.69, 9.17) is 18.9 Å². The molecule has 2 unspecified atom stereocenters. The first-order chi connectivity index (χ1) is 13.5. The molecule has 2 bridgehead atoms. The van der Waals surface area contributed by atoms with Gasteiger partial charge in [-0.25, -0.2) is 4.79 Å². The van der Waals surface area contributed by atoms with Crippen molar-refractivity contribution in [3.05, 3.63) is 42.0 Å². The number of ether oxygens (including phenoxy) is 4. The first kappa shape index (κ1) is 18.3. The van der Waals surface area contributed by atoms with E-state index >= 15 is 0 Å². The summed E-state index contributed by atoms with van der Waals surface area (Å²) in [6.07, 6.45) is 0.607. The maximum atomic E-state index is 13.0. The zero-order chi connectivity index (χ0) is 19.9. The molecule has 2 amide bonds. The van der Waals surface area contributed by atoms with E-state index in [9.17, 15) is 4.79 Å². The molecule has 1 saturated heterocycles. The average molecular weight is 384 g/mol. The quantitative estimate of drug-likeness (QED) is 0.847. The van der Waals surface area contributed by atoms with Crippen LogP contribution in [0.3, 0.4) is 0 Å². The van der Waals surface area contributed by atoms with Crippen molar-refractivity contribution in [2.45, 2.75) is 32.0 Å². The molecule has 7 heteroatoms. The van der Waals surface area contributed by atoms with Crippen LogP contribution in [0.1, 0.15) is 31.9 Å². The number of carbonyl (C=O) groups is 1. The molecule has 2 aromatic rings. The largest absolute Gasteiger partial charge is 0.493 e. The summed E-state index contributed by atoms with van der Waals surface area (Å²) in [7, 11) is 3.14. The van der Waals surface area contributed by atoms with E-state index in [1.165, 1.54) is 0 Å². The van der Waals surface area contributed by atoms with Gasteiger partial charge in [0.15, 0.2) is 28.7 Å². The van der Waals surface area contributed by atoms with Crippen LogP contribution in [0.15, 0.2) is 36.4 Å². The number of nitrogens with zero attached hydrogens (tertiary/aromatic N) is 1. The van der Waals surface area contributed by atoms with Crippen LogP contribution in [0.5, 0.6) is 23.0 Å². The van der Waals surface area contributed by atoms with Crippen LogP contribution in [-0.4, -0.2) is 32.6 Å². The van der Waals surface area contributed by atoms with Gasteiger partial charge in [0.1, 0.15) is 0 Å². The van der Waals surface area contributed by atoms with Gasteiger partial charge < -0.3 is 24.3 Å². The van der Waals surface area contributed by atoms with Crippen molar-refractivity contribution in [2.75, 3.05) is 25.7 Å². The van der Waals surface area contributed by atoms with Gasteiger partial charge in [-0.3, -0.25) is 4.90 Å². The van der Waals surface area contributed by atoms with Gasteiger partial charge in [-0.15, -0.1) is 0 Å². The molecule has 4 rings (SSSR count). The number of carbonyl (C=O) groups excluding carboxylic acids is 1. The van der Waals surface area contributed by atoms with Crippen LogP contribution in [0.25, 0.3) is 0 Å². The van der Waals surface area contributed by atoms with Crippen molar-refractivity contribution in [1.82, 2.24) is 5.32 Å². The maximum absolute atomic E-state index is 13.0. The third-order valence-corrected chi connectivity index (χ3v) is 5.19. The van der Waals surface area contributed by atoms with E-state index in [1.807, 2.05) is 38.1 Å². The zero-order valence-corrected chi connectivity index (χ0v) is 16.4. The van der Waals surface area contributed by atoms with Gasteiger partial charge >= 0.3 is 6.03 Å². The second kappa shape index (κ2) is 6.82. The Hall–Kier alpha value is -3.09. The number of benzene rings is 2. The minimum Gasteiger partial charge on any atom is -0.493 e. The summed E-state index contributed by atoms with van der Waals surface area (Å²) >= 11 is 0. The topological polar surface area (TPSA) is 69.3 Å². The van der Waals surface area contributed by atoms with E-state index in [0.717, 1.165) is 5.56 Å². The molecule has 1 N–H and O–H groups in total. The lowest BCUT2D eigenvalue weighted by molar-refractivity contribution is 0.0343. The summed E-state index contributed by atoms with van der Waals surface area (Å²) in [4.78, 5) is 14.6. The Bertz CT molecular complexity index is 916. The minimum atomic E-state index is -0.868. The summed E-state index contributed by atoms with van der Waals surface area (Å²) in [6.45, 7) is 4.39. The number of para-hydroxylation sites is 1. The zero-order valence-electron chi connectivity index (χ0n) is 16.4. The lowest BCUT2D eigenvalue weighted by atomic mass is 9.90. The summed E-state index contributed by atoms with van der Waals surface area (Å²) in [6, 6.07) is 10.8. The fraction of sp³-hybridized carbons (Fsp3) is 0.381. The van der Waals surface area contributed by atoms with Gasteiger partial charge in [0.05, 0.1) is 32.6 Å². The number of rotatable bonds is 5. The molecule has 0 aromatic heterocycles. The minimum absolute atomic E-state index is 0.141. The summed E-state index contributed by atoms with van der Waals surface area (Å²) < 4.78 is 22.9. The highest BCUT2D eigenvalue weighted by Crippen LogP contribution is 2.49. The van der Waals surface area contributed by atoms with Crippen molar-refractivity contribution in [3.8, 4) is 23.0 Å². The van der Waals surface area contributed by atoms with Crippen molar-refractivity contribution in [1.29, 1.82) is 0 Å². The Balaban J connectivity index is 1.78. The molecule has 2 atom stereocenters. The fourth-order valence-electron chi connectivity index (χ4n) is 3.98.